The Kier molecular flexibility index (Phi) is 7.22. The van der Waals surface area contributed by atoms with E-state index in [1.807, 2.05) is 0 Å². The molecule has 5 nitrogen and oxygen atoms in total. The Bertz CT molecular complexity index is 592. The minimum Gasteiger partial charge on any atom is -0.478 e. The summed E-state index contributed by atoms with van der Waals surface area (Å²) in [6, 6.07) is 3.81. The molecular formula is C17H23F4N3O2. The van der Waals surface area contributed by atoms with Gasteiger partial charge in [0.1, 0.15) is 6.04 Å². The normalized spacial score (nSPS) is 18.2. The summed E-state index contributed by atoms with van der Waals surface area (Å²) >= 11 is 0. The molecule has 9 heteroatoms. The van der Waals surface area contributed by atoms with Crippen LogP contribution in [0.25, 0.3) is 0 Å². The quantitative estimate of drug-likeness (QED) is 0.713. The van der Waals surface area contributed by atoms with Gasteiger partial charge in [-0.15, -0.1) is 0 Å². The molecule has 26 heavy (non-hydrogen) atoms. The van der Waals surface area contributed by atoms with E-state index in [1.165, 1.54) is 23.1 Å². The Morgan fingerprint density at radius 3 is 2.54 bits per heavy atom. The SMILES string of the molecule is CCC(Oc1ccccc1F)C(=O)NCC(N1CCNCC1)C(F)(F)F. The number of piperazine rings is 1. The van der Waals surface area contributed by atoms with Crippen molar-refractivity contribution in [2.75, 3.05) is 32.7 Å². The number of carbonyl (C=O) groups excluding carboxylic acids is 1. The molecule has 1 aromatic rings. The zero-order valence-corrected chi connectivity index (χ0v) is 14.5. The van der Waals surface area contributed by atoms with Crippen LogP contribution in [0.3, 0.4) is 0 Å². The van der Waals surface area contributed by atoms with Crippen molar-refractivity contribution in [1.82, 2.24) is 15.5 Å². The van der Waals surface area contributed by atoms with Crippen molar-refractivity contribution in [3.63, 3.8) is 0 Å². The molecule has 2 unspecified atom stereocenters. The van der Waals surface area contributed by atoms with E-state index in [-0.39, 0.29) is 25.3 Å². The first-order valence-corrected chi connectivity index (χ1v) is 8.53. The summed E-state index contributed by atoms with van der Waals surface area (Å²) in [7, 11) is 0. The lowest BCUT2D eigenvalue weighted by molar-refractivity contribution is -0.184. The van der Waals surface area contributed by atoms with Gasteiger partial charge in [0.15, 0.2) is 17.7 Å². The summed E-state index contributed by atoms with van der Waals surface area (Å²) in [4.78, 5) is 13.5. The van der Waals surface area contributed by atoms with E-state index in [0.717, 1.165) is 0 Å². The number of amides is 1. The van der Waals surface area contributed by atoms with Crippen LogP contribution in [0.15, 0.2) is 24.3 Å². The van der Waals surface area contributed by atoms with Gasteiger partial charge in [0.25, 0.3) is 5.91 Å². The van der Waals surface area contributed by atoms with Crippen molar-refractivity contribution >= 4 is 5.91 Å². The van der Waals surface area contributed by atoms with E-state index in [4.69, 9.17) is 4.74 Å². The number of rotatable bonds is 7. The Balaban J connectivity index is 1.97. The average Bonchev–Trinajstić information content (AvgIpc) is 2.61. The van der Waals surface area contributed by atoms with Crippen molar-refractivity contribution in [2.45, 2.75) is 31.7 Å². The van der Waals surface area contributed by atoms with Crippen LogP contribution in [0.2, 0.25) is 0 Å². The van der Waals surface area contributed by atoms with Gasteiger partial charge in [-0.2, -0.15) is 13.2 Å². The highest BCUT2D eigenvalue weighted by Gasteiger charge is 2.44. The number of benzene rings is 1. The highest BCUT2D eigenvalue weighted by molar-refractivity contribution is 5.81. The Hall–Kier alpha value is -1.87. The monoisotopic (exact) mass is 377 g/mol. The third kappa shape index (κ3) is 5.57. The number of nitrogens with zero attached hydrogens (tertiary/aromatic N) is 1. The zero-order valence-electron chi connectivity index (χ0n) is 14.5. The van der Waals surface area contributed by atoms with Gasteiger partial charge in [-0.05, 0) is 18.6 Å². The molecule has 0 bridgehead atoms. The van der Waals surface area contributed by atoms with Crippen LogP contribution in [0.5, 0.6) is 5.75 Å². The molecule has 0 aliphatic carbocycles. The summed E-state index contributed by atoms with van der Waals surface area (Å²) in [5.41, 5.74) is 0. The molecule has 2 N–H and O–H groups in total. The molecule has 1 saturated heterocycles. The first-order chi connectivity index (χ1) is 12.3. The van der Waals surface area contributed by atoms with Crippen LogP contribution in [0.4, 0.5) is 17.6 Å². The van der Waals surface area contributed by atoms with Gasteiger partial charge in [-0.3, -0.25) is 9.69 Å². The highest BCUT2D eigenvalue weighted by atomic mass is 19.4. The van der Waals surface area contributed by atoms with Gasteiger partial charge >= 0.3 is 6.18 Å². The van der Waals surface area contributed by atoms with Gasteiger partial charge in [-0.25, -0.2) is 4.39 Å². The molecule has 0 saturated carbocycles. The van der Waals surface area contributed by atoms with Gasteiger partial charge in [0, 0.05) is 32.7 Å². The van der Waals surface area contributed by atoms with Crippen molar-refractivity contribution in [2.24, 2.45) is 0 Å². The van der Waals surface area contributed by atoms with Crippen LogP contribution < -0.4 is 15.4 Å². The van der Waals surface area contributed by atoms with E-state index in [1.54, 1.807) is 13.0 Å². The number of ether oxygens (including phenoxy) is 1. The summed E-state index contributed by atoms with van der Waals surface area (Å²) < 4.78 is 59.0. The molecule has 0 aromatic heterocycles. The molecule has 0 spiro atoms. The van der Waals surface area contributed by atoms with Crippen LogP contribution in [-0.2, 0) is 4.79 Å². The van der Waals surface area contributed by atoms with E-state index in [9.17, 15) is 22.4 Å². The Morgan fingerprint density at radius 2 is 1.96 bits per heavy atom. The largest absolute Gasteiger partial charge is 0.478 e. The molecule has 1 heterocycles. The topological polar surface area (TPSA) is 53.6 Å². The summed E-state index contributed by atoms with van der Waals surface area (Å²) in [6.07, 6.45) is -5.33. The number of para-hydroxylation sites is 1. The Labute approximate surface area is 149 Å². The molecule has 1 fully saturated rings. The maximum atomic E-state index is 13.6. The fraction of sp³-hybridized carbons (Fsp3) is 0.588. The lowest BCUT2D eigenvalue weighted by atomic mass is 10.2. The molecule has 0 radical (unpaired) electrons. The highest BCUT2D eigenvalue weighted by Crippen LogP contribution is 2.25. The molecule has 2 rings (SSSR count). The third-order valence-electron chi connectivity index (χ3n) is 4.21. The fourth-order valence-electron chi connectivity index (χ4n) is 2.77. The standard InChI is InChI=1S/C17H23F4N3O2/c1-2-13(26-14-6-4-3-5-12(14)18)16(25)23-11-15(17(19,20)21)24-9-7-22-8-10-24/h3-6,13,15,22H,2,7-11H2,1H3,(H,23,25). The number of carbonyl (C=O) groups is 1. The second-order valence-corrected chi connectivity index (χ2v) is 6.03. The third-order valence-corrected chi connectivity index (χ3v) is 4.21. The number of alkyl halides is 3. The average molecular weight is 377 g/mol. The number of hydrogen-bond acceptors (Lipinski definition) is 4. The van der Waals surface area contributed by atoms with Crippen molar-refractivity contribution in [3.05, 3.63) is 30.1 Å². The van der Waals surface area contributed by atoms with Gasteiger partial charge in [0.05, 0.1) is 0 Å². The van der Waals surface area contributed by atoms with Crippen LogP contribution >= 0.6 is 0 Å². The van der Waals surface area contributed by atoms with Crippen LogP contribution in [0.1, 0.15) is 13.3 Å². The lowest BCUT2D eigenvalue weighted by Crippen LogP contribution is -2.58. The number of nitrogens with one attached hydrogen (secondary N) is 2. The van der Waals surface area contributed by atoms with Gasteiger partial charge < -0.3 is 15.4 Å². The summed E-state index contributed by atoms with van der Waals surface area (Å²) in [5.74, 6) is -1.43. The molecule has 2 atom stereocenters. The minimum absolute atomic E-state index is 0.107. The molecular weight excluding hydrogens is 354 g/mol. The molecule has 146 valence electrons. The van der Waals surface area contributed by atoms with Crippen molar-refractivity contribution < 1.29 is 27.1 Å². The second kappa shape index (κ2) is 9.18. The van der Waals surface area contributed by atoms with Crippen LogP contribution in [-0.4, -0.2) is 61.9 Å². The smallest absolute Gasteiger partial charge is 0.405 e. The van der Waals surface area contributed by atoms with Crippen LogP contribution in [0, 0.1) is 5.82 Å². The fourth-order valence-corrected chi connectivity index (χ4v) is 2.77. The minimum atomic E-state index is -4.46. The van der Waals surface area contributed by atoms with E-state index < -0.39 is 36.6 Å². The molecule has 1 aliphatic rings. The van der Waals surface area contributed by atoms with E-state index >= 15 is 0 Å². The molecule has 1 aliphatic heterocycles. The first kappa shape index (κ1) is 20.4. The van der Waals surface area contributed by atoms with Crippen molar-refractivity contribution in [1.29, 1.82) is 0 Å². The zero-order chi connectivity index (χ0) is 19.2. The number of hydrogen-bond donors (Lipinski definition) is 2. The van der Waals surface area contributed by atoms with Gasteiger partial charge in [0.2, 0.25) is 0 Å². The van der Waals surface area contributed by atoms with E-state index in [0.29, 0.717) is 13.1 Å². The second-order valence-electron chi connectivity index (χ2n) is 6.03. The predicted molar refractivity (Wildman–Crippen MR) is 88.4 cm³/mol. The van der Waals surface area contributed by atoms with Crippen molar-refractivity contribution in [3.8, 4) is 5.75 Å². The maximum Gasteiger partial charge on any atom is 0.405 e. The summed E-state index contributed by atoms with van der Waals surface area (Å²) in [6.45, 7) is 2.51. The van der Waals surface area contributed by atoms with E-state index in [2.05, 4.69) is 10.6 Å². The molecule has 1 amide bonds. The summed E-state index contributed by atoms with van der Waals surface area (Å²) in [5, 5.41) is 5.30. The number of halogens is 4. The van der Waals surface area contributed by atoms with Gasteiger partial charge in [-0.1, -0.05) is 19.1 Å². The maximum absolute atomic E-state index is 13.6. The molecule has 1 aromatic carbocycles. The first-order valence-electron chi connectivity index (χ1n) is 8.53. The lowest BCUT2D eigenvalue weighted by Gasteiger charge is -2.36. The Morgan fingerprint density at radius 1 is 1.31 bits per heavy atom. The predicted octanol–water partition coefficient (Wildman–Crippen LogP) is 1.94.